The van der Waals surface area contributed by atoms with Crippen LogP contribution in [0.25, 0.3) is 0 Å². The number of fused-ring (bicyclic) bond motifs is 1. The molecule has 7 heteroatoms. The second-order valence-corrected chi connectivity index (χ2v) is 9.06. The van der Waals surface area contributed by atoms with Crippen LogP contribution in [0.4, 0.5) is 5.69 Å². The van der Waals surface area contributed by atoms with Crippen LogP contribution in [0.1, 0.15) is 35.2 Å². The van der Waals surface area contributed by atoms with Gasteiger partial charge in [0.05, 0.1) is 26.4 Å². The Kier molecular flexibility index (Phi) is 7.14. The van der Waals surface area contributed by atoms with Crippen molar-refractivity contribution in [2.24, 2.45) is 0 Å². The summed E-state index contributed by atoms with van der Waals surface area (Å²) < 4.78 is 1.85. The van der Waals surface area contributed by atoms with Gasteiger partial charge in [0.25, 0.3) is 0 Å². The van der Waals surface area contributed by atoms with E-state index in [-0.39, 0.29) is 17.3 Å². The molecule has 1 aromatic heterocycles. The Balaban J connectivity index is 1.69. The molecule has 1 heterocycles. The van der Waals surface area contributed by atoms with Gasteiger partial charge in [0.15, 0.2) is 0 Å². The van der Waals surface area contributed by atoms with Crippen molar-refractivity contribution in [3.05, 3.63) is 51.1 Å². The number of nitrogens with zero attached hydrogens (tertiary/aromatic N) is 2. The number of carbonyl (C=O) groups excluding carboxylic acids is 1. The van der Waals surface area contributed by atoms with Crippen LogP contribution >= 0.6 is 11.8 Å². The molecule has 2 aromatic rings. The second-order valence-electron chi connectivity index (χ2n) is 8.10. The summed E-state index contributed by atoms with van der Waals surface area (Å²) in [7, 11) is 4.24. The summed E-state index contributed by atoms with van der Waals surface area (Å²) in [5, 5.41) is 3.71. The van der Waals surface area contributed by atoms with Crippen molar-refractivity contribution >= 4 is 23.4 Å². The van der Waals surface area contributed by atoms with E-state index in [1.807, 2.05) is 36.6 Å². The highest BCUT2D eigenvalue weighted by molar-refractivity contribution is 8.00. The predicted molar refractivity (Wildman–Crippen MR) is 118 cm³/mol. The highest BCUT2D eigenvalue weighted by atomic mass is 32.2. The fraction of sp³-hybridized carbons (Fsp3) is 0.500. The van der Waals surface area contributed by atoms with Gasteiger partial charge in [-0.25, -0.2) is 4.79 Å². The summed E-state index contributed by atoms with van der Waals surface area (Å²) >= 11 is 1.37. The molecule has 0 saturated carbocycles. The highest BCUT2D eigenvalue weighted by Gasteiger charge is 2.22. The van der Waals surface area contributed by atoms with Crippen molar-refractivity contribution in [3.63, 3.8) is 0 Å². The van der Waals surface area contributed by atoms with E-state index in [9.17, 15) is 9.59 Å². The molecule has 0 spiro atoms. The SMILES string of the molecule is Cc1ccc(C)c(NC(=O)CSc2nc(=O)n(CCC[NH+](C)C)c3c2CCC3)c1. The summed E-state index contributed by atoms with van der Waals surface area (Å²) in [6.45, 7) is 5.73. The van der Waals surface area contributed by atoms with Gasteiger partial charge in [-0.1, -0.05) is 23.9 Å². The highest BCUT2D eigenvalue weighted by Crippen LogP contribution is 2.29. The zero-order valence-electron chi connectivity index (χ0n) is 17.8. The summed E-state index contributed by atoms with van der Waals surface area (Å²) in [5.74, 6) is 0.177. The summed E-state index contributed by atoms with van der Waals surface area (Å²) in [6.07, 6.45) is 3.86. The molecule has 6 nitrogen and oxygen atoms in total. The number of hydrogen-bond donors (Lipinski definition) is 2. The fourth-order valence-corrected chi connectivity index (χ4v) is 4.59. The van der Waals surface area contributed by atoms with Gasteiger partial charge in [0.1, 0.15) is 5.03 Å². The smallest absolute Gasteiger partial charge is 0.340 e. The fourth-order valence-electron chi connectivity index (χ4n) is 3.72. The number of carbonyl (C=O) groups is 1. The van der Waals surface area contributed by atoms with Gasteiger partial charge < -0.3 is 10.2 Å². The first-order valence-electron chi connectivity index (χ1n) is 10.3. The topological polar surface area (TPSA) is 68.4 Å². The van der Waals surface area contributed by atoms with Gasteiger partial charge >= 0.3 is 5.69 Å². The molecule has 1 aliphatic carbocycles. The number of aryl methyl sites for hydroxylation is 2. The third-order valence-corrected chi connectivity index (χ3v) is 6.28. The first-order chi connectivity index (χ1) is 13.8. The normalized spacial score (nSPS) is 13.0. The van der Waals surface area contributed by atoms with E-state index in [1.54, 1.807) is 0 Å². The molecule has 1 amide bonds. The molecule has 1 aromatic carbocycles. The Morgan fingerprint density at radius 3 is 2.83 bits per heavy atom. The van der Waals surface area contributed by atoms with Crippen molar-refractivity contribution in [1.82, 2.24) is 9.55 Å². The zero-order chi connectivity index (χ0) is 21.0. The lowest BCUT2D eigenvalue weighted by atomic mass is 10.1. The Labute approximate surface area is 176 Å². The third kappa shape index (κ3) is 5.48. The van der Waals surface area contributed by atoms with Crippen molar-refractivity contribution in [1.29, 1.82) is 0 Å². The van der Waals surface area contributed by atoms with Crippen molar-refractivity contribution in [3.8, 4) is 0 Å². The maximum atomic E-state index is 12.6. The molecule has 3 rings (SSSR count). The van der Waals surface area contributed by atoms with Crippen LogP contribution in [-0.2, 0) is 24.2 Å². The van der Waals surface area contributed by atoms with E-state index in [0.717, 1.165) is 71.9 Å². The van der Waals surface area contributed by atoms with Gasteiger partial charge in [-0.05, 0) is 50.3 Å². The maximum Gasteiger partial charge on any atom is 0.348 e. The van der Waals surface area contributed by atoms with Crippen molar-refractivity contribution in [2.75, 3.05) is 31.7 Å². The molecule has 2 N–H and O–H groups in total. The average Bonchev–Trinajstić information content (AvgIpc) is 3.14. The summed E-state index contributed by atoms with van der Waals surface area (Å²) in [5.41, 5.74) is 5.08. The molecular formula is C22H31N4O2S+. The molecule has 0 fully saturated rings. The van der Waals surface area contributed by atoms with Gasteiger partial charge in [0.2, 0.25) is 5.91 Å². The van der Waals surface area contributed by atoms with E-state index >= 15 is 0 Å². The van der Waals surface area contributed by atoms with E-state index in [2.05, 4.69) is 24.4 Å². The minimum absolute atomic E-state index is 0.0737. The quantitative estimate of drug-likeness (QED) is 0.508. The van der Waals surface area contributed by atoms with Gasteiger partial charge in [-0.15, -0.1) is 0 Å². The zero-order valence-corrected chi connectivity index (χ0v) is 18.6. The van der Waals surface area contributed by atoms with Crippen LogP contribution in [-0.4, -0.2) is 41.9 Å². The average molecular weight is 416 g/mol. The van der Waals surface area contributed by atoms with E-state index < -0.39 is 0 Å². The number of rotatable bonds is 8. The summed E-state index contributed by atoms with van der Waals surface area (Å²) in [6, 6.07) is 6.01. The molecule has 0 aliphatic heterocycles. The number of quaternary nitrogens is 1. The Bertz CT molecular complexity index is 953. The first-order valence-corrected chi connectivity index (χ1v) is 11.2. The molecule has 29 heavy (non-hydrogen) atoms. The third-order valence-electron chi connectivity index (χ3n) is 5.27. The molecule has 156 valence electrons. The number of thioether (sulfide) groups is 1. The van der Waals surface area contributed by atoms with E-state index in [0.29, 0.717) is 0 Å². The number of amides is 1. The first kappa shape index (κ1) is 21.6. The largest absolute Gasteiger partial charge is 0.348 e. The van der Waals surface area contributed by atoms with Crippen LogP contribution in [0, 0.1) is 13.8 Å². The molecule has 0 unspecified atom stereocenters. The lowest BCUT2D eigenvalue weighted by Crippen LogP contribution is -3.05. The number of benzene rings is 1. The van der Waals surface area contributed by atoms with Crippen molar-refractivity contribution < 1.29 is 9.69 Å². The predicted octanol–water partition coefficient (Wildman–Crippen LogP) is 1.61. The molecule has 0 radical (unpaired) electrons. The Hall–Kier alpha value is -2.12. The van der Waals surface area contributed by atoms with Crippen LogP contribution < -0.4 is 15.9 Å². The van der Waals surface area contributed by atoms with Gasteiger partial charge in [-0.3, -0.25) is 9.36 Å². The number of anilines is 1. The lowest BCUT2D eigenvalue weighted by molar-refractivity contribution is -0.858. The Morgan fingerprint density at radius 1 is 1.28 bits per heavy atom. The molecule has 0 bridgehead atoms. The standard InChI is InChI=1S/C22H30N4O2S/c1-15-9-10-16(2)18(13-15)23-20(27)14-29-21-17-7-5-8-19(17)26(22(28)24-21)12-6-11-25(3)4/h9-10,13H,5-8,11-12,14H2,1-4H3,(H,23,27)/p+1. The molecule has 1 aliphatic rings. The minimum Gasteiger partial charge on any atom is -0.340 e. The van der Waals surface area contributed by atoms with Crippen molar-refractivity contribution in [2.45, 2.75) is 51.1 Å². The number of nitrogens with one attached hydrogen (secondary N) is 2. The monoisotopic (exact) mass is 415 g/mol. The van der Waals surface area contributed by atoms with E-state index in [4.69, 9.17) is 0 Å². The van der Waals surface area contributed by atoms with Crippen LogP contribution in [0.15, 0.2) is 28.0 Å². The minimum atomic E-state index is -0.183. The van der Waals surface area contributed by atoms with Crippen LogP contribution in [0.5, 0.6) is 0 Å². The molecular weight excluding hydrogens is 384 g/mol. The Morgan fingerprint density at radius 2 is 2.07 bits per heavy atom. The van der Waals surface area contributed by atoms with Gasteiger partial charge in [0, 0.05) is 29.9 Å². The second kappa shape index (κ2) is 9.59. The molecule has 0 atom stereocenters. The number of aromatic nitrogens is 2. The lowest BCUT2D eigenvalue weighted by Gasteiger charge is -2.15. The molecule has 0 saturated heterocycles. The van der Waals surface area contributed by atoms with Crippen LogP contribution in [0.3, 0.4) is 0 Å². The summed E-state index contributed by atoms with van der Waals surface area (Å²) in [4.78, 5) is 30.8. The number of hydrogen-bond acceptors (Lipinski definition) is 4. The van der Waals surface area contributed by atoms with Crippen LogP contribution in [0.2, 0.25) is 0 Å². The maximum absolute atomic E-state index is 12.6. The van der Waals surface area contributed by atoms with Gasteiger partial charge in [-0.2, -0.15) is 4.98 Å². The van der Waals surface area contributed by atoms with E-state index in [1.165, 1.54) is 16.7 Å².